The first-order chi connectivity index (χ1) is 6.33. The number of dihydropyridines is 1. The standard InChI is InChI=1S/C6H6F3NO3S/c7-6(8,9)14(11,12)13-5-1-3-10-4-2-5/h1-3,10H,4H2. The summed E-state index contributed by atoms with van der Waals surface area (Å²) in [7, 11) is -5.54. The zero-order chi connectivity index (χ0) is 10.8. The summed E-state index contributed by atoms with van der Waals surface area (Å²) in [5, 5.41) is 2.63. The van der Waals surface area contributed by atoms with Gasteiger partial charge in [-0.25, -0.2) is 0 Å². The van der Waals surface area contributed by atoms with E-state index < -0.39 is 15.6 Å². The maximum atomic E-state index is 11.8. The van der Waals surface area contributed by atoms with Crippen LogP contribution >= 0.6 is 0 Å². The molecule has 8 heteroatoms. The average molecular weight is 229 g/mol. The molecule has 0 saturated carbocycles. The van der Waals surface area contributed by atoms with Crippen molar-refractivity contribution in [2.45, 2.75) is 5.51 Å². The van der Waals surface area contributed by atoms with E-state index in [1.54, 1.807) is 0 Å². The summed E-state index contributed by atoms with van der Waals surface area (Å²) in [6.07, 6.45) is 3.57. The summed E-state index contributed by atoms with van der Waals surface area (Å²) in [5.41, 5.74) is -5.40. The van der Waals surface area contributed by atoms with Crippen LogP contribution in [-0.2, 0) is 14.3 Å². The zero-order valence-corrected chi connectivity index (χ0v) is 7.52. The Hall–Kier alpha value is -1.18. The molecule has 14 heavy (non-hydrogen) atoms. The predicted molar refractivity (Wildman–Crippen MR) is 41.3 cm³/mol. The van der Waals surface area contributed by atoms with E-state index in [2.05, 4.69) is 9.50 Å². The van der Waals surface area contributed by atoms with E-state index in [4.69, 9.17) is 0 Å². The maximum Gasteiger partial charge on any atom is 0.534 e. The highest BCUT2D eigenvalue weighted by Gasteiger charge is 2.48. The van der Waals surface area contributed by atoms with E-state index >= 15 is 0 Å². The monoisotopic (exact) mass is 229 g/mol. The first-order valence-corrected chi connectivity index (χ1v) is 4.84. The van der Waals surface area contributed by atoms with Gasteiger partial charge >= 0.3 is 15.6 Å². The van der Waals surface area contributed by atoms with Crippen LogP contribution in [0, 0.1) is 0 Å². The number of allylic oxidation sites excluding steroid dienone is 1. The SMILES string of the molecule is O=S(=O)(OC1=CCNC=C1)C(F)(F)F. The normalized spacial score (nSPS) is 17.2. The fourth-order valence-electron chi connectivity index (χ4n) is 0.672. The summed E-state index contributed by atoms with van der Waals surface area (Å²) in [6.45, 7) is 0.221. The number of alkyl halides is 3. The van der Waals surface area contributed by atoms with Crippen LogP contribution in [0.2, 0.25) is 0 Å². The third-order valence-corrected chi connectivity index (χ3v) is 2.25. The van der Waals surface area contributed by atoms with Crippen molar-refractivity contribution in [3.8, 4) is 0 Å². The van der Waals surface area contributed by atoms with E-state index in [0.717, 1.165) is 6.08 Å². The van der Waals surface area contributed by atoms with Gasteiger partial charge in [-0.2, -0.15) is 21.6 Å². The lowest BCUT2D eigenvalue weighted by Gasteiger charge is -2.12. The van der Waals surface area contributed by atoms with Gasteiger partial charge in [0.25, 0.3) is 0 Å². The molecule has 0 fully saturated rings. The van der Waals surface area contributed by atoms with E-state index in [-0.39, 0.29) is 12.3 Å². The lowest BCUT2D eigenvalue weighted by molar-refractivity contribution is -0.0520. The zero-order valence-electron chi connectivity index (χ0n) is 6.71. The fraction of sp³-hybridized carbons (Fsp3) is 0.333. The number of nitrogens with one attached hydrogen (secondary N) is 1. The van der Waals surface area contributed by atoms with Crippen molar-refractivity contribution < 1.29 is 25.8 Å². The van der Waals surface area contributed by atoms with Crippen LogP contribution in [-0.4, -0.2) is 20.5 Å². The molecule has 0 aromatic carbocycles. The van der Waals surface area contributed by atoms with Gasteiger partial charge in [-0.3, -0.25) is 0 Å². The van der Waals surface area contributed by atoms with E-state index in [1.165, 1.54) is 12.3 Å². The van der Waals surface area contributed by atoms with Crippen molar-refractivity contribution in [1.82, 2.24) is 5.32 Å². The van der Waals surface area contributed by atoms with E-state index in [1.807, 2.05) is 0 Å². The lowest BCUT2D eigenvalue weighted by atomic mass is 10.4. The third kappa shape index (κ3) is 2.41. The molecule has 1 heterocycles. The topological polar surface area (TPSA) is 55.4 Å². The molecule has 0 radical (unpaired) electrons. The van der Waals surface area contributed by atoms with Gasteiger partial charge in [0.1, 0.15) is 5.76 Å². The van der Waals surface area contributed by atoms with E-state index in [0.29, 0.717) is 0 Å². The summed E-state index contributed by atoms with van der Waals surface area (Å²) in [4.78, 5) is 0. The third-order valence-electron chi connectivity index (χ3n) is 1.28. The fourth-order valence-corrected chi connectivity index (χ4v) is 1.14. The smallest absolute Gasteiger partial charge is 0.387 e. The van der Waals surface area contributed by atoms with Crippen LogP contribution in [0.1, 0.15) is 0 Å². The summed E-state index contributed by atoms with van der Waals surface area (Å²) in [5.74, 6) is -0.346. The second kappa shape index (κ2) is 3.52. The first-order valence-electron chi connectivity index (χ1n) is 3.44. The van der Waals surface area contributed by atoms with Crippen LogP contribution in [0.25, 0.3) is 0 Å². The second-order valence-corrected chi connectivity index (χ2v) is 3.87. The van der Waals surface area contributed by atoms with Crippen LogP contribution in [0.15, 0.2) is 24.1 Å². The molecular weight excluding hydrogens is 223 g/mol. The molecule has 0 saturated heterocycles. The Balaban J connectivity index is 2.79. The first kappa shape index (κ1) is 10.9. The van der Waals surface area contributed by atoms with Crippen molar-refractivity contribution in [1.29, 1.82) is 0 Å². The van der Waals surface area contributed by atoms with Gasteiger partial charge in [0.05, 0.1) is 0 Å². The van der Waals surface area contributed by atoms with Crippen molar-refractivity contribution in [2.75, 3.05) is 6.54 Å². The highest BCUT2D eigenvalue weighted by Crippen LogP contribution is 2.26. The van der Waals surface area contributed by atoms with E-state index in [9.17, 15) is 21.6 Å². The molecule has 1 rings (SSSR count). The Morgan fingerprint density at radius 2 is 2.07 bits per heavy atom. The van der Waals surface area contributed by atoms with Crippen molar-refractivity contribution in [3.05, 3.63) is 24.1 Å². The van der Waals surface area contributed by atoms with Gasteiger partial charge in [0.15, 0.2) is 0 Å². The van der Waals surface area contributed by atoms with Gasteiger partial charge < -0.3 is 9.50 Å². The molecule has 0 unspecified atom stereocenters. The summed E-state index contributed by atoms with van der Waals surface area (Å²) in [6, 6.07) is 0. The Morgan fingerprint density at radius 1 is 1.43 bits per heavy atom. The molecule has 1 N–H and O–H groups in total. The molecule has 0 atom stereocenters. The molecule has 0 spiro atoms. The molecule has 0 aromatic rings. The van der Waals surface area contributed by atoms with Crippen LogP contribution in [0.4, 0.5) is 13.2 Å². The number of rotatable bonds is 2. The molecular formula is C6H6F3NO3S. The molecule has 0 aromatic heterocycles. The van der Waals surface area contributed by atoms with Gasteiger partial charge in [0.2, 0.25) is 0 Å². The Bertz CT molecular complexity index is 368. The average Bonchev–Trinajstić information content (AvgIpc) is 2.03. The molecule has 0 bridgehead atoms. The highest BCUT2D eigenvalue weighted by atomic mass is 32.2. The maximum absolute atomic E-state index is 11.8. The van der Waals surface area contributed by atoms with Crippen molar-refractivity contribution in [2.24, 2.45) is 0 Å². The summed E-state index contributed by atoms with van der Waals surface area (Å²) < 4.78 is 60.2. The van der Waals surface area contributed by atoms with Crippen LogP contribution < -0.4 is 5.32 Å². The minimum Gasteiger partial charge on any atom is -0.387 e. The minimum atomic E-state index is -5.54. The Kier molecular flexibility index (Phi) is 2.74. The lowest BCUT2D eigenvalue weighted by Crippen LogP contribution is -2.25. The van der Waals surface area contributed by atoms with Crippen molar-refractivity contribution >= 4 is 10.1 Å². The number of hydrogen-bond donors (Lipinski definition) is 1. The van der Waals surface area contributed by atoms with Crippen LogP contribution in [0.3, 0.4) is 0 Å². The quantitative estimate of drug-likeness (QED) is 0.563. The van der Waals surface area contributed by atoms with Crippen molar-refractivity contribution in [3.63, 3.8) is 0 Å². The largest absolute Gasteiger partial charge is 0.534 e. The van der Waals surface area contributed by atoms with Gasteiger partial charge in [-0.15, -0.1) is 0 Å². The molecule has 80 valence electrons. The molecule has 1 aliphatic rings. The highest BCUT2D eigenvalue weighted by molar-refractivity contribution is 7.87. The van der Waals surface area contributed by atoms with Gasteiger partial charge in [0, 0.05) is 12.7 Å². The predicted octanol–water partition coefficient (Wildman–Crippen LogP) is 0.853. The summed E-state index contributed by atoms with van der Waals surface area (Å²) >= 11 is 0. The minimum absolute atomic E-state index is 0.221. The van der Waals surface area contributed by atoms with Gasteiger partial charge in [-0.05, 0) is 12.2 Å². The van der Waals surface area contributed by atoms with Gasteiger partial charge in [-0.1, -0.05) is 0 Å². The Morgan fingerprint density at radius 3 is 2.50 bits per heavy atom. The molecule has 4 nitrogen and oxygen atoms in total. The van der Waals surface area contributed by atoms with Crippen LogP contribution in [0.5, 0.6) is 0 Å². The molecule has 0 aliphatic carbocycles. The second-order valence-electron chi connectivity index (χ2n) is 2.33. The Labute approximate surface area is 78.2 Å². The molecule has 0 amide bonds. The molecule has 1 aliphatic heterocycles. The number of halogens is 3. The number of hydrogen-bond acceptors (Lipinski definition) is 4.